The van der Waals surface area contributed by atoms with Crippen LogP contribution in [0.1, 0.15) is 43.2 Å². The zero-order valence-electron chi connectivity index (χ0n) is 17.1. The summed E-state index contributed by atoms with van der Waals surface area (Å²) in [4.78, 5) is 19.9. The lowest BCUT2D eigenvalue weighted by Gasteiger charge is -2.33. The molecule has 2 aromatic heterocycles. The molecule has 1 atom stereocenters. The molecule has 0 radical (unpaired) electrons. The van der Waals surface area contributed by atoms with Crippen LogP contribution in [0.15, 0.2) is 35.4 Å². The van der Waals surface area contributed by atoms with Gasteiger partial charge in [-0.3, -0.25) is 9.36 Å². The Hall–Kier alpha value is -2.14. The number of fused-ring (bicyclic) bond motifs is 3. The van der Waals surface area contributed by atoms with E-state index in [0.29, 0.717) is 24.5 Å². The minimum absolute atomic E-state index is 0.0733. The van der Waals surface area contributed by atoms with Crippen molar-refractivity contribution >= 4 is 21.6 Å². The number of nitrogens with zero attached hydrogens (tertiary/aromatic N) is 2. The van der Waals surface area contributed by atoms with Crippen molar-refractivity contribution in [3.63, 3.8) is 0 Å². The van der Waals surface area contributed by atoms with Gasteiger partial charge in [-0.15, -0.1) is 11.3 Å². The Kier molecular flexibility index (Phi) is 5.04. The third-order valence-electron chi connectivity index (χ3n) is 5.88. The maximum absolute atomic E-state index is 13.1. The average molecular weight is 397 g/mol. The largest absolute Gasteiger partial charge is 0.492 e. The first kappa shape index (κ1) is 19.2. The molecule has 0 amide bonds. The number of ether oxygens (including phenoxy) is 1. The van der Waals surface area contributed by atoms with Crippen LogP contribution in [-0.2, 0) is 19.4 Å². The second-order valence-corrected chi connectivity index (χ2v) is 9.98. The summed E-state index contributed by atoms with van der Waals surface area (Å²) in [6.07, 6.45) is 4.87. The predicted octanol–water partition coefficient (Wildman–Crippen LogP) is 5.00. The molecule has 28 heavy (non-hydrogen) atoms. The van der Waals surface area contributed by atoms with Crippen molar-refractivity contribution < 1.29 is 4.74 Å². The molecule has 0 bridgehead atoms. The van der Waals surface area contributed by atoms with Crippen LogP contribution in [0.4, 0.5) is 0 Å². The number of thiophene rings is 1. The Morgan fingerprint density at radius 1 is 1.25 bits per heavy atom. The van der Waals surface area contributed by atoms with Crippen LogP contribution >= 0.6 is 11.3 Å². The van der Waals surface area contributed by atoms with Gasteiger partial charge in [0.25, 0.3) is 5.56 Å². The van der Waals surface area contributed by atoms with Gasteiger partial charge in [0.15, 0.2) is 0 Å². The highest BCUT2D eigenvalue weighted by Gasteiger charge is 2.31. The number of hydrogen-bond acceptors (Lipinski definition) is 4. The number of aromatic nitrogens is 2. The molecular formula is C23H28N2O2S. The molecule has 1 aliphatic rings. The van der Waals surface area contributed by atoms with Gasteiger partial charge in [0, 0.05) is 4.88 Å². The average Bonchev–Trinajstić information content (AvgIpc) is 3.03. The van der Waals surface area contributed by atoms with Gasteiger partial charge < -0.3 is 4.74 Å². The Bertz CT molecular complexity index is 1040. The monoisotopic (exact) mass is 396 g/mol. The van der Waals surface area contributed by atoms with Crippen LogP contribution < -0.4 is 10.3 Å². The second-order valence-electron chi connectivity index (χ2n) is 8.89. The molecule has 0 spiro atoms. The van der Waals surface area contributed by atoms with Gasteiger partial charge in [0.05, 0.1) is 18.3 Å². The van der Waals surface area contributed by atoms with Gasteiger partial charge in [0.1, 0.15) is 17.2 Å². The molecule has 0 saturated carbocycles. The lowest BCUT2D eigenvalue weighted by molar-refractivity contribution is 0.218. The molecule has 148 valence electrons. The first-order valence-corrected chi connectivity index (χ1v) is 10.8. The van der Waals surface area contributed by atoms with E-state index in [-0.39, 0.29) is 5.56 Å². The molecule has 0 aliphatic heterocycles. The lowest BCUT2D eigenvalue weighted by Crippen LogP contribution is -2.27. The standard InChI is InChI=1S/C23H28N2O2S/c1-15-5-8-17(9-6-15)27-12-11-25-14-24-21-20(22(25)26)18-10-7-16(23(2,3)4)13-19(18)28-21/h5-6,8-9,14,16H,7,10-13H2,1-4H3. The summed E-state index contributed by atoms with van der Waals surface area (Å²) in [6, 6.07) is 7.97. The quantitative estimate of drug-likeness (QED) is 0.624. The van der Waals surface area contributed by atoms with Gasteiger partial charge in [0.2, 0.25) is 0 Å². The van der Waals surface area contributed by atoms with Crippen molar-refractivity contribution in [3.05, 3.63) is 57.0 Å². The topological polar surface area (TPSA) is 44.1 Å². The van der Waals surface area contributed by atoms with E-state index < -0.39 is 0 Å². The summed E-state index contributed by atoms with van der Waals surface area (Å²) < 4.78 is 7.49. The normalized spacial score (nSPS) is 16.9. The minimum atomic E-state index is 0.0733. The van der Waals surface area contributed by atoms with Crippen LogP contribution in [0.3, 0.4) is 0 Å². The molecule has 4 rings (SSSR count). The fraction of sp³-hybridized carbons (Fsp3) is 0.478. The number of aryl methyl sites for hydroxylation is 2. The van der Waals surface area contributed by atoms with Crippen LogP contribution in [-0.4, -0.2) is 16.2 Å². The highest BCUT2D eigenvalue weighted by Crippen LogP contribution is 2.41. The van der Waals surface area contributed by atoms with E-state index in [1.54, 1.807) is 22.2 Å². The van der Waals surface area contributed by atoms with Gasteiger partial charge in [-0.1, -0.05) is 38.5 Å². The molecule has 5 heteroatoms. The summed E-state index contributed by atoms with van der Waals surface area (Å²) in [7, 11) is 0. The van der Waals surface area contributed by atoms with Gasteiger partial charge >= 0.3 is 0 Å². The summed E-state index contributed by atoms with van der Waals surface area (Å²) >= 11 is 1.71. The van der Waals surface area contributed by atoms with Crippen molar-refractivity contribution in [2.24, 2.45) is 11.3 Å². The molecule has 4 nitrogen and oxygen atoms in total. The van der Waals surface area contributed by atoms with E-state index in [9.17, 15) is 4.79 Å². The molecule has 1 aliphatic carbocycles. The van der Waals surface area contributed by atoms with Gasteiger partial charge in [-0.25, -0.2) is 4.98 Å². The van der Waals surface area contributed by atoms with E-state index in [4.69, 9.17) is 4.74 Å². The number of hydrogen-bond donors (Lipinski definition) is 0. The van der Waals surface area contributed by atoms with Crippen molar-refractivity contribution in [3.8, 4) is 5.75 Å². The fourth-order valence-electron chi connectivity index (χ4n) is 4.00. The molecule has 0 fully saturated rings. The highest BCUT2D eigenvalue weighted by molar-refractivity contribution is 7.18. The number of benzene rings is 1. The molecule has 1 aromatic carbocycles. The lowest BCUT2D eigenvalue weighted by atomic mass is 9.72. The Labute approximate surface area is 170 Å². The summed E-state index contributed by atoms with van der Waals surface area (Å²) in [5, 5.41) is 0.838. The first-order chi connectivity index (χ1) is 13.3. The summed E-state index contributed by atoms with van der Waals surface area (Å²) in [5.41, 5.74) is 2.82. The molecule has 3 aromatic rings. The van der Waals surface area contributed by atoms with Crippen LogP contribution in [0.25, 0.3) is 10.2 Å². The smallest absolute Gasteiger partial charge is 0.262 e. The first-order valence-electron chi connectivity index (χ1n) is 10.0. The van der Waals surface area contributed by atoms with Crippen molar-refractivity contribution in [1.82, 2.24) is 9.55 Å². The van der Waals surface area contributed by atoms with E-state index >= 15 is 0 Å². The third-order valence-corrected chi connectivity index (χ3v) is 7.04. The van der Waals surface area contributed by atoms with Gasteiger partial charge in [-0.05, 0) is 55.2 Å². The molecule has 1 unspecified atom stereocenters. The molecule has 0 saturated heterocycles. The third kappa shape index (κ3) is 3.72. The zero-order chi connectivity index (χ0) is 19.9. The maximum Gasteiger partial charge on any atom is 0.262 e. The summed E-state index contributed by atoms with van der Waals surface area (Å²) in [5.74, 6) is 1.49. The fourth-order valence-corrected chi connectivity index (χ4v) is 5.25. The minimum Gasteiger partial charge on any atom is -0.492 e. The van der Waals surface area contributed by atoms with Crippen molar-refractivity contribution in [1.29, 1.82) is 0 Å². The van der Waals surface area contributed by atoms with Crippen molar-refractivity contribution in [2.75, 3.05) is 6.61 Å². The molecular weight excluding hydrogens is 368 g/mol. The SMILES string of the molecule is Cc1ccc(OCCn2cnc3sc4c(c3c2=O)CCC(C(C)(C)C)C4)cc1. The predicted molar refractivity (Wildman–Crippen MR) is 116 cm³/mol. The number of rotatable bonds is 4. The van der Waals surface area contributed by atoms with Gasteiger partial charge in [-0.2, -0.15) is 0 Å². The second kappa shape index (κ2) is 7.36. The van der Waals surface area contributed by atoms with E-state index in [1.807, 2.05) is 24.3 Å². The van der Waals surface area contributed by atoms with Crippen LogP contribution in [0.2, 0.25) is 0 Å². The van der Waals surface area contributed by atoms with Crippen LogP contribution in [0.5, 0.6) is 5.75 Å². The highest BCUT2D eigenvalue weighted by atomic mass is 32.1. The summed E-state index contributed by atoms with van der Waals surface area (Å²) in [6.45, 7) is 9.95. The maximum atomic E-state index is 13.1. The van der Waals surface area contributed by atoms with E-state index in [1.165, 1.54) is 16.0 Å². The van der Waals surface area contributed by atoms with E-state index in [0.717, 1.165) is 35.2 Å². The Morgan fingerprint density at radius 3 is 2.71 bits per heavy atom. The Balaban J connectivity index is 1.54. The van der Waals surface area contributed by atoms with Crippen molar-refractivity contribution in [2.45, 2.75) is 53.5 Å². The molecule has 0 N–H and O–H groups in total. The Morgan fingerprint density at radius 2 is 2.00 bits per heavy atom. The molecule has 2 heterocycles. The van der Waals surface area contributed by atoms with Crippen LogP contribution in [0, 0.1) is 18.3 Å². The zero-order valence-corrected chi connectivity index (χ0v) is 17.9. The van der Waals surface area contributed by atoms with E-state index in [2.05, 4.69) is 32.7 Å².